The van der Waals surface area contributed by atoms with Crippen LogP contribution in [0.4, 0.5) is 4.79 Å². The molecule has 3 rings (SSSR count). The maximum absolute atomic E-state index is 12.9. The van der Waals surface area contributed by atoms with Gasteiger partial charge >= 0.3 is 6.03 Å². The molecule has 7 nitrogen and oxygen atoms in total. The van der Waals surface area contributed by atoms with Gasteiger partial charge in [0, 0.05) is 26.7 Å². The Hall–Kier alpha value is -2.88. The van der Waals surface area contributed by atoms with E-state index in [9.17, 15) is 19.6 Å². The van der Waals surface area contributed by atoms with Crippen LogP contribution < -0.4 is 0 Å². The number of carbonyl (C=O) groups excluding carboxylic acids is 3. The Labute approximate surface area is 159 Å². The second-order valence-electron chi connectivity index (χ2n) is 7.63. The lowest BCUT2D eigenvalue weighted by molar-refractivity contribution is -0.134. The van der Waals surface area contributed by atoms with Crippen LogP contribution in [0.3, 0.4) is 0 Å². The highest BCUT2D eigenvalue weighted by Crippen LogP contribution is 2.37. The third-order valence-corrected chi connectivity index (χ3v) is 5.44. The summed E-state index contributed by atoms with van der Waals surface area (Å²) in [7, 11) is 1.52. The Balaban J connectivity index is 1.81. The second kappa shape index (κ2) is 7.03. The normalized spacial score (nSPS) is 19.1. The van der Waals surface area contributed by atoms with Gasteiger partial charge in [-0.05, 0) is 30.9 Å². The molecule has 142 valence electrons. The van der Waals surface area contributed by atoms with Gasteiger partial charge in [0.1, 0.15) is 5.54 Å². The molecular weight excluding hydrogens is 344 g/mol. The number of likely N-dealkylation sites (N-methyl/N-ethyl adjacent to an activating group) is 1. The summed E-state index contributed by atoms with van der Waals surface area (Å²) in [6.07, 6.45) is 0.824. The summed E-state index contributed by atoms with van der Waals surface area (Å²) in [4.78, 5) is 42.8. The molecule has 0 bridgehead atoms. The summed E-state index contributed by atoms with van der Waals surface area (Å²) in [6, 6.07) is 8.52. The zero-order valence-electron chi connectivity index (χ0n) is 15.9. The zero-order valence-corrected chi connectivity index (χ0v) is 15.9. The van der Waals surface area contributed by atoms with E-state index in [-0.39, 0.29) is 23.8 Å². The van der Waals surface area contributed by atoms with Crippen molar-refractivity contribution in [2.45, 2.75) is 32.2 Å². The third-order valence-electron chi connectivity index (χ3n) is 5.44. The number of imide groups is 1. The first-order chi connectivity index (χ1) is 12.8. The Bertz CT molecular complexity index is 819. The lowest BCUT2D eigenvalue weighted by Crippen LogP contribution is -2.58. The van der Waals surface area contributed by atoms with E-state index in [1.165, 1.54) is 11.9 Å². The van der Waals surface area contributed by atoms with Crippen LogP contribution in [0.5, 0.6) is 0 Å². The molecule has 2 saturated heterocycles. The molecule has 27 heavy (non-hydrogen) atoms. The maximum Gasteiger partial charge on any atom is 0.327 e. The minimum atomic E-state index is -0.859. The molecule has 1 aromatic carbocycles. The molecule has 0 atom stereocenters. The van der Waals surface area contributed by atoms with Crippen molar-refractivity contribution < 1.29 is 14.4 Å². The van der Waals surface area contributed by atoms with E-state index in [2.05, 4.69) is 6.07 Å². The minimum Gasteiger partial charge on any atom is -0.338 e. The van der Waals surface area contributed by atoms with Gasteiger partial charge < -0.3 is 9.80 Å². The molecule has 0 N–H and O–H groups in total. The SMILES string of the molecule is CC(C)CN1C(=O)N(C)C(=O)C12CCN(C(=O)c1ccccc1C#N)CC2. The summed E-state index contributed by atoms with van der Waals surface area (Å²) in [5.74, 6) is -0.146. The van der Waals surface area contributed by atoms with Crippen LogP contribution in [-0.2, 0) is 4.79 Å². The third kappa shape index (κ3) is 3.05. The summed E-state index contributed by atoms with van der Waals surface area (Å²) >= 11 is 0. The number of hydrogen-bond acceptors (Lipinski definition) is 4. The summed E-state index contributed by atoms with van der Waals surface area (Å²) in [5, 5.41) is 9.23. The van der Waals surface area contributed by atoms with Gasteiger partial charge in [0.25, 0.3) is 11.8 Å². The molecule has 0 radical (unpaired) electrons. The molecule has 2 aliphatic heterocycles. The van der Waals surface area contributed by atoms with Gasteiger partial charge in [-0.2, -0.15) is 5.26 Å². The number of carbonyl (C=O) groups is 3. The standard InChI is InChI=1S/C20H24N4O3/c1-14(2)13-24-19(27)22(3)18(26)20(24)8-10-23(11-9-20)17(25)16-7-5-4-6-15(16)12-21/h4-7,14H,8-11,13H2,1-3H3. The van der Waals surface area contributed by atoms with E-state index in [0.29, 0.717) is 43.6 Å². The van der Waals surface area contributed by atoms with Crippen molar-refractivity contribution >= 4 is 17.8 Å². The lowest BCUT2D eigenvalue weighted by Gasteiger charge is -2.42. The van der Waals surface area contributed by atoms with Crippen LogP contribution in [0.15, 0.2) is 24.3 Å². The fourth-order valence-corrected chi connectivity index (χ4v) is 4.00. The highest BCUT2D eigenvalue weighted by molar-refractivity contribution is 6.07. The minimum absolute atomic E-state index is 0.183. The first-order valence-corrected chi connectivity index (χ1v) is 9.20. The van der Waals surface area contributed by atoms with Crippen LogP contribution in [0, 0.1) is 17.2 Å². The number of nitrogens with zero attached hydrogens (tertiary/aromatic N) is 4. The van der Waals surface area contributed by atoms with E-state index >= 15 is 0 Å². The number of piperidine rings is 1. The highest BCUT2D eigenvalue weighted by Gasteiger charge is 2.57. The van der Waals surface area contributed by atoms with Gasteiger partial charge in [-0.1, -0.05) is 26.0 Å². The molecular formula is C20H24N4O3. The van der Waals surface area contributed by atoms with Gasteiger partial charge in [0.15, 0.2) is 0 Å². The Morgan fingerprint density at radius 1 is 1.22 bits per heavy atom. The van der Waals surface area contributed by atoms with Crippen molar-refractivity contribution in [3.8, 4) is 6.07 Å². The maximum atomic E-state index is 12.9. The monoisotopic (exact) mass is 368 g/mol. The van der Waals surface area contributed by atoms with E-state index in [1.807, 2.05) is 13.8 Å². The predicted molar refractivity (Wildman–Crippen MR) is 98.7 cm³/mol. The van der Waals surface area contributed by atoms with Crippen LogP contribution in [0.25, 0.3) is 0 Å². The summed E-state index contributed by atoms with van der Waals surface area (Å²) < 4.78 is 0. The smallest absolute Gasteiger partial charge is 0.327 e. The van der Waals surface area contributed by atoms with Gasteiger partial charge in [0.05, 0.1) is 17.2 Å². The second-order valence-corrected chi connectivity index (χ2v) is 7.63. The van der Waals surface area contributed by atoms with Crippen molar-refractivity contribution in [2.24, 2.45) is 5.92 Å². The van der Waals surface area contributed by atoms with E-state index in [1.54, 1.807) is 34.1 Å². The quantitative estimate of drug-likeness (QED) is 0.765. The molecule has 1 aromatic rings. The predicted octanol–water partition coefficient (Wildman–Crippen LogP) is 2.08. The zero-order chi connectivity index (χ0) is 19.8. The molecule has 2 heterocycles. The van der Waals surface area contributed by atoms with Gasteiger partial charge in [-0.3, -0.25) is 14.5 Å². The number of amides is 4. The number of hydrogen-bond donors (Lipinski definition) is 0. The highest BCUT2D eigenvalue weighted by atomic mass is 16.2. The summed E-state index contributed by atoms with van der Waals surface area (Å²) in [5.41, 5.74) is -0.140. The number of urea groups is 1. The molecule has 0 unspecified atom stereocenters. The van der Waals surface area contributed by atoms with Crippen molar-refractivity contribution in [3.63, 3.8) is 0 Å². The molecule has 0 aromatic heterocycles. The summed E-state index contributed by atoms with van der Waals surface area (Å²) in [6.45, 7) is 5.29. The van der Waals surface area contributed by atoms with Crippen molar-refractivity contribution in [1.29, 1.82) is 5.26 Å². The lowest BCUT2D eigenvalue weighted by atomic mass is 9.85. The molecule has 2 aliphatic rings. The average molecular weight is 368 g/mol. The van der Waals surface area contributed by atoms with Gasteiger partial charge in [-0.25, -0.2) is 4.79 Å². The molecule has 1 spiro atoms. The van der Waals surface area contributed by atoms with Crippen LogP contribution in [0.1, 0.15) is 42.6 Å². The molecule has 7 heteroatoms. The number of likely N-dealkylation sites (tertiary alicyclic amines) is 1. The van der Waals surface area contributed by atoms with Crippen LogP contribution in [-0.4, -0.2) is 64.8 Å². The fourth-order valence-electron chi connectivity index (χ4n) is 4.00. The van der Waals surface area contributed by atoms with Crippen molar-refractivity contribution in [3.05, 3.63) is 35.4 Å². The number of benzene rings is 1. The Kier molecular flexibility index (Phi) is 4.92. The van der Waals surface area contributed by atoms with E-state index in [4.69, 9.17) is 0 Å². The topological polar surface area (TPSA) is 84.7 Å². The molecule has 0 aliphatic carbocycles. The van der Waals surface area contributed by atoms with Crippen molar-refractivity contribution in [1.82, 2.24) is 14.7 Å². The van der Waals surface area contributed by atoms with E-state index < -0.39 is 5.54 Å². The molecule has 2 fully saturated rings. The average Bonchev–Trinajstić information content (AvgIpc) is 2.84. The number of rotatable bonds is 3. The van der Waals surface area contributed by atoms with Gasteiger partial charge in [-0.15, -0.1) is 0 Å². The van der Waals surface area contributed by atoms with Crippen molar-refractivity contribution in [2.75, 3.05) is 26.7 Å². The van der Waals surface area contributed by atoms with Gasteiger partial charge in [0.2, 0.25) is 0 Å². The van der Waals surface area contributed by atoms with E-state index in [0.717, 1.165) is 0 Å². The molecule has 0 saturated carbocycles. The van der Waals surface area contributed by atoms with Crippen LogP contribution >= 0.6 is 0 Å². The largest absolute Gasteiger partial charge is 0.338 e. The molecule has 4 amide bonds. The Morgan fingerprint density at radius 2 is 1.85 bits per heavy atom. The Morgan fingerprint density at radius 3 is 2.44 bits per heavy atom. The van der Waals surface area contributed by atoms with Crippen LogP contribution in [0.2, 0.25) is 0 Å². The fraction of sp³-hybridized carbons (Fsp3) is 0.500. The first kappa shape index (κ1) is 18.9. The number of nitriles is 1. The first-order valence-electron chi connectivity index (χ1n) is 9.20.